The lowest BCUT2D eigenvalue weighted by Crippen LogP contribution is -2.37. The van der Waals surface area contributed by atoms with Gasteiger partial charge >= 0.3 is 5.97 Å². The Labute approximate surface area is 142 Å². The lowest BCUT2D eigenvalue weighted by Gasteiger charge is -2.24. The van der Waals surface area contributed by atoms with Crippen molar-refractivity contribution in [1.82, 2.24) is 9.38 Å². The van der Waals surface area contributed by atoms with E-state index >= 15 is 0 Å². The van der Waals surface area contributed by atoms with Gasteiger partial charge in [-0.05, 0) is 24.3 Å². The SMILES string of the molecule is O=C(OCc1cn2cc(Cl)ccc2n1)[C@H]1COc2ccccc2O1. The van der Waals surface area contributed by atoms with E-state index in [0.29, 0.717) is 22.2 Å². The van der Waals surface area contributed by atoms with Crippen molar-refractivity contribution < 1.29 is 19.0 Å². The molecule has 0 saturated heterocycles. The number of fused-ring (bicyclic) bond motifs is 2. The van der Waals surface area contributed by atoms with Crippen molar-refractivity contribution in [2.75, 3.05) is 6.61 Å². The summed E-state index contributed by atoms with van der Waals surface area (Å²) in [7, 11) is 0. The van der Waals surface area contributed by atoms with E-state index in [1.807, 2.05) is 12.1 Å². The van der Waals surface area contributed by atoms with Crippen molar-refractivity contribution >= 4 is 23.2 Å². The molecule has 6 nitrogen and oxygen atoms in total. The molecule has 7 heteroatoms. The predicted octanol–water partition coefficient (Wildman–Crippen LogP) is 2.87. The summed E-state index contributed by atoms with van der Waals surface area (Å²) in [4.78, 5) is 16.5. The van der Waals surface area contributed by atoms with Crippen LogP contribution in [0.25, 0.3) is 5.65 Å². The molecule has 1 atom stereocenters. The Kier molecular flexibility index (Phi) is 3.74. The standard InChI is InChI=1S/C17H13ClN2O4/c18-11-5-6-16-19-12(8-20(16)7-11)9-23-17(21)15-10-22-13-3-1-2-4-14(13)24-15/h1-8,15H,9-10H2/t15-/m1/s1. The van der Waals surface area contributed by atoms with E-state index < -0.39 is 12.1 Å². The Morgan fingerprint density at radius 2 is 2.08 bits per heavy atom. The lowest BCUT2D eigenvalue weighted by atomic mass is 10.2. The van der Waals surface area contributed by atoms with Gasteiger partial charge in [-0.25, -0.2) is 9.78 Å². The van der Waals surface area contributed by atoms with Gasteiger partial charge < -0.3 is 18.6 Å². The number of aromatic nitrogens is 2. The van der Waals surface area contributed by atoms with E-state index in [1.54, 1.807) is 41.1 Å². The molecule has 1 aliphatic rings. The smallest absolute Gasteiger partial charge is 0.351 e. The number of benzene rings is 1. The van der Waals surface area contributed by atoms with Crippen LogP contribution in [0.4, 0.5) is 0 Å². The number of halogens is 1. The minimum absolute atomic E-state index is 0.0552. The van der Waals surface area contributed by atoms with Crippen molar-refractivity contribution in [2.24, 2.45) is 0 Å². The fraction of sp³-hybridized carbons (Fsp3) is 0.176. The molecule has 122 valence electrons. The molecule has 0 bridgehead atoms. The van der Waals surface area contributed by atoms with Gasteiger partial charge in [0.25, 0.3) is 0 Å². The van der Waals surface area contributed by atoms with Crippen LogP contribution in [0.2, 0.25) is 5.02 Å². The Bertz CT molecular complexity index is 908. The summed E-state index contributed by atoms with van der Waals surface area (Å²) in [5.74, 6) is 0.673. The monoisotopic (exact) mass is 344 g/mol. The average molecular weight is 345 g/mol. The predicted molar refractivity (Wildman–Crippen MR) is 86.4 cm³/mol. The molecule has 0 spiro atoms. The molecule has 0 unspecified atom stereocenters. The number of imidazole rings is 1. The normalized spacial score (nSPS) is 16.1. The third-order valence-electron chi connectivity index (χ3n) is 3.60. The van der Waals surface area contributed by atoms with E-state index in [4.69, 9.17) is 25.8 Å². The van der Waals surface area contributed by atoms with E-state index in [9.17, 15) is 4.79 Å². The molecule has 4 rings (SSSR count). The fourth-order valence-electron chi connectivity index (χ4n) is 2.46. The van der Waals surface area contributed by atoms with Crippen LogP contribution in [0, 0.1) is 0 Å². The third kappa shape index (κ3) is 2.88. The molecule has 0 aliphatic carbocycles. The molecule has 0 fully saturated rings. The molecule has 24 heavy (non-hydrogen) atoms. The number of hydrogen-bond acceptors (Lipinski definition) is 5. The van der Waals surface area contributed by atoms with E-state index in [0.717, 1.165) is 5.65 Å². The van der Waals surface area contributed by atoms with Crippen molar-refractivity contribution in [3.63, 3.8) is 0 Å². The molecule has 1 aliphatic heterocycles. The summed E-state index contributed by atoms with van der Waals surface area (Å²) in [6.45, 7) is 0.177. The topological polar surface area (TPSA) is 62.1 Å². The van der Waals surface area contributed by atoms with Crippen LogP contribution in [-0.4, -0.2) is 28.1 Å². The van der Waals surface area contributed by atoms with Gasteiger partial charge in [0.05, 0.1) is 10.7 Å². The highest BCUT2D eigenvalue weighted by Crippen LogP contribution is 2.31. The van der Waals surface area contributed by atoms with E-state index in [-0.39, 0.29) is 13.2 Å². The largest absolute Gasteiger partial charge is 0.485 e. The van der Waals surface area contributed by atoms with Crippen LogP contribution in [0.3, 0.4) is 0 Å². The fourth-order valence-corrected chi connectivity index (χ4v) is 2.63. The summed E-state index contributed by atoms with van der Waals surface area (Å²) in [6.07, 6.45) is 2.72. The van der Waals surface area contributed by atoms with Crippen LogP contribution in [0.5, 0.6) is 11.5 Å². The molecule has 0 amide bonds. The van der Waals surface area contributed by atoms with Crippen LogP contribution in [0.1, 0.15) is 5.69 Å². The molecule has 2 aromatic heterocycles. The zero-order valence-electron chi connectivity index (χ0n) is 12.5. The van der Waals surface area contributed by atoms with E-state index in [2.05, 4.69) is 4.98 Å². The van der Waals surface area contributed by atoms with Gasteiger partial charge in [0.2, 0.25) is 6.10 Å². The Morgan fingerprint density at radius 1 is 1.25 bits per heavy atom. The number of ether oxygens (including phenoxy) is 3. The molecule has 1 aromatic carbocycles. The number of rotatable bonds is 3. The second-order valence-electron chi connectivity index (χ2n) is 5.32. The highest BCUT2D eigenvalue weighted by Gasteiger charge is 2.28. The third-order valence-corrected chi connectivity index (χ3v) is 3.82. The van der Waals surface area contributed by atoms with Crippen LogP contribution in [-0.2, 0) is 16.1 Å². The minimum atomic E-state index is -0.786. The van der Waals surface area contributed by atoms with Gasteiger partial charge in [0, 0.05) is 12.4 Å². The lowest BCUT2D eigenvalue weighted by molar-refractivity contribution is -0.156. The van der Waals surface area contributed by atoms with Gasteiger partial charge in [0.15, 0.2) is 11.5 Å². The quantitative estimate of drug-likeness (QED) is 0.684. The highest BCUT2D eigenvalue weighted by atomic mass is 35.5. The van der Waals surface area contributed by atoms with Gasteiger partial charge in [0.1, 0.15) is 18.9 Å². The van der Waals surface area contributed by atoms with Gasteiger partial charge in [-0.15, -0.1) is 0 Å². The van der Waals surface area contributed by atoms with Gasteiger partial charge in [-0.3, -0.25) is 0 Å². The van der Waals surface area contributed by atoms with Crippen molar-refractivity contribution in [3.8, 4) is 11.5 Å². The van der Waals surface area contributed by atoms with Crippen molar-refractivity contribution in [3.05, 3.63) is 59.5 Å². The minimum Gasteiger partial charge on any atom is -0.485 e. The van der Waals surface area contributed by atoms with E-state index in [1.165, 1.54) is 0 Å². The maximum Gasteiger partial charge on any atom is 0.351 e. The molecule has 0 saturated carbocycles. The zero-order chi connectivity index (χ0) is 16.5. The Balaban J connectivity index is 1.41. The summed E-state index contributed by atoms with van der Waals surface area (Å²) in [5, 5.41) is 0.606. The summed E-state index contributed by atoms with van der Waals surface area (Å²) in [6, 6.07) is 10.8. The number of carbonyl (C=O) groups is 1. The zero-order valence-corrected chi connectivity index (χ0v) is 13.3. The summed E-state index contributed by atoms with van der Waals surface area (Å²) < 4.78 is 18.2. The molecular formula is C17H13ClN2O4. The number of carbonyl (C=O) groups excluding carboxylic acids is 1. The van der Waals surface area contributed by atoms with Crippen molar-refractivity contribution in [1.29, 1.82) is 0 Å². The second kappa shape index (κ2) is 6.05. The van der Waals surface area contributed by atoms with Crippen LogP contribution in [0.15, 0.2) is 48.8 Å². The molecule has 0 radical (unpaired) electrons. The first-order valence-electron chi connectivity index (χ1n) is 7.37. The van der Waals surface area contributed by atoms with Crippen LogP contribution >= 0.6 is 11.6 Å². The molecule has 3 heterocycles. The van der Waals surface area contributed by atoms with Gasteiger partial charge in [-0.1, -0.05) is 23.7 Å². The van der Waals surface area contributed by atoms with Crippen molar-refractivity contribution in [2.45, 2.75) is 12.7 Å². The number of pyridine rings is 1. The number of esters is 1. The molecule has 0 N–H and O–H groups in total. The van der Waals surface area contributed by atoms with Gasteiger partial charge in [-0.2, -0.15) is 0 Å². The second-order valence-corrected chi connectivity index (χ2v) is 5.75. The number of nitrogens with zero attached hydrogens (tertiary/aromatic N) is 2. The first-order chi connectivity index (χ1) is 11.7. The highest BCUT2D eigenvalue weighted by molar-refractivity contribution is 6.30. The summed E-state index contributed by atoms with van der Waals surface area (Å²) in [5.41, 5.74) is 1.36. The Hall–Kier alpha value is -2.73. The number of para-hydroxylation sites is 2. The molecular weight excluding hydrogens is 332 g/mol. The number of hydrogen-bond donors (Lipinski definition) is 0. The first kappa shape index (κ1) is 14.8. The maximum absolute atomic E-state index is 12.2. The van der Waals surface area contributed by atoms with Crippen LogP contribution < -0.4 is 9.47 Å². The maximum atomic E-state index is 12.2. The summed E-state index contributed by atoms with van der Waals surface area (Å²) >= 11 is 5.93. The Morgan fingerprint density at radius 3 is 2.96 bits per heavy atom. The first-order valence-corrected chi connectivity index (χ1v) is 7.75. The average Bonchev–Trinajstić information content (AvgIpc) is 3.01. The molecule has 3 aromatic rings.